The fourth-order valence-corrected chi connectivity index (χ4v) is 3.70. The predicted octanol–water partition coefficient (Wildman–Crippen LogP) is 1.59. The summed E-state index contributed by atoms with van der Waals surface area (Å²) in [5.74, 6) is 0.00551. The Balaban J connectivity index is 1.48. The molecule has 2 saturated heterocycles. The molecule has 2 aliphatic rings. The van der Waals surface area contributed by atoms with Crippen LogP contribution in [-0.2, 0) is 11.3 Å². The molecule has 0 aromatic carbocycles. The number of amides is 1. The molecule has 2 aromatic heterocycles. The quantitative estimate of drug-likeness (QED) is 0.851. The van der Waals surface area contributed by atoms with Gasteiger partial charge in [0.15, 0.2) is 0 Å². The molecule has 4 rings (SSSR count). The zero-order valence-corrected chi connectivity index (χ0v) is 14.1. The molecule has 25 heavy (non-hydrogen) atoms. The molecule has 130 valence electrons. The van der Waals surface area contributed by atoms with Gasteiger partial charge in [0, 0.05) is 44.8 Å². The summed E-state index contributed by atoms with van der Waals surface area (Å²) in [4.78, 5) is 25.5. The van der Waals surface area contributed by atoms with Crippen molar-refractivity contribution in [1.82, 2.24) is 19.8 Å². The number of rotatable bonds is 3. The highest BCUT2D eigenvalue weighted by atomic mass is 16.5. The minimum atomic E-state index is 0.00551. The van der Waals surface area contributed by atoms with Crippen LogP contribution in [0.4, 0.5) is 0 Å². The molecule has 4 heterocycles. The van der Waals surface area contributed by atoms with Gasteiger partial charge in [-0.3, -0.25) is 19.7 Å². The van der Waals surface area contributed by atoms with Gasteiger partial charge < -0.3 is 9.64 Å². The Bertz CT molecular complexity index is 710. The van der Waals surface area contributed by atoms with Gasteiger partial charge in [-0.1, -0.05) is 12.1 Å². The van der Waals surface area contributed by atoms with E-state index in [1.165, 1.54) is 5.56 Å². The van der Waals surface area contributed by atoms with Crippen LogP contribution in [0.3, 0.4) is 0 Å². The first kappa shape index (κ1) is 16.2. The van der Waals surface area contributed by atoms with Crippen molar-refractivity contribution < 1.29 is 9.53 Å². The number of hydrogen-bond donors (Lipinski definition) is 0. The summed E-state index contributed by atoms with van der Waals surface area (Å²) in [5, 5.41) is 0. The summed E-state index contributed by atoms with van der Waals surface area (Å²) in [5.41, 5.74) is 1.70. The number of piperidine rings is 1. The van der Waals surface area contributed by atoms with E-state index in [4.69, 9.17) is 4.74 Å². The van der Waals surface area contributed by atoms with E-state index >= 15 is 0 Å². The molecule has 0 spiro atoms. The smallest absolute Gasteiger partial charge is 0.272 e. The van der Waals surface area contributed by atoms with Crippen molar-refractivity contribution in [2.24, 2.45) is 0 Å². The predicted molar refractivity (Wildman–Crippen MR) is 92.9 cm³/mol. The minimum Gasteiger partial charge on any atom is -0.375 e. The monoisotopic (exact) mass is 338 g/mol. The molecular weight excluding hydrogens is 316 g/mol. The summed E-state index contributed by atoms with van der Waals surface area (Å²) in [7, 11) is 0. The molecular formula is C19H22N4O2. The largest absolute Gasteiger partial charge is 0.375 e. The van der Waals surface area contributed by atoms with E-state index in [9.17, 15) is 4.79 Å². The zero-order chi connectivity index (χ0) is 17.1. The Kier molecular flexibility index (Phi) is 4.72. The van der Waals surface area contributed by atoms with Crippen molar-refractivity contribution >= 4 is 5.91 Å². The number of aromatic nitrogens is 2. The lowest BCUT2D eigenvalue weighted by Gasteiger charge is -2.47. The number of likely N-dealkylation sites (tertiary alicyclic amines) is 1. The van der Waals surface area contributed by atoms with E-state index in [2.05, 4.69) is 20.9 Å². The minimum absolute atomic E-state index is 0.00551. The van der Waals surface area contributed by atoms with Crippen LogP contribution in [0.5, 0.6) is 0 Å². The topological polar surface area (TPSA) is 58.6 Å². The van der Waals surface area contributed by atoms with Crippen molar-refractivity contribution in [3.8, 4) is 0 Å². The van der Waals surface area contributed by atoms with E-state index in [1.54, 1.807) is 18.5 Å². The van der Waals surface area contributed by atoms with Crippen LogP contribution >= 0.6 is 0 Å². The molecule has 0 bridgehead atoms. The Morgan fingerprint density at radius 3 is 2.96 bits per heavy atom. The maximum atomic E-state index is 12.7. The molecule has 0 saturated carbocycles. The first-order chi connectivity index (χ1) is 12.3. The van der Waals surface area contributed by atoms with Gasteiger partial charge in [0.05, 0.1) is 18.8 Å². The standard InChI is InChI=1S/C19H22N4O2/c24-19(16-5-1-2-8-21-16)23-9-6-18-17(14-23)22(10-11-25-18)13-15-4-3-7-20-12-15/h1-5,7-8,12,17-18H,6,9-11,13-14H2/t17-,18-/m0/s1. The highest BCUT2D eigenvalue weighted by Crippen LogP contribution is 2.25. The van der Waals surface area contributed by atoms with Crippen LogP contribution in [0.1, 0.15) is 22.5 Å². The average molecular weight is 338 g/mol. The van der Waals surface area contributed by atoms with Gasteiger partial charge in [-0.25, -0.2) is 0 Å². The lowest BCUT2D eigenvalue weighted by atomic mass is 9.97. The third-order valence-corrected chi connectivity index (χ3v) is 4.98. The first-order valence-corrected chi connectivity index (χ1v) is 8.76. The summed E-state index contributed by atoms with van der Waals surface area (Å²) in [6.07, 6.45) is 6.42. The van der Waals surface area contributed by atoms with Crippen molar-refractivity contribution in [1.29, 1.82) is 0 Å². The second kappa shape index (κ2) is 7.29. The van der Waals surface area contributed by atoms with Gasteiger partial charge >= 0.3 is 0 Å². The average Bonchev–Trinajstić information content (AvgIpc) is 2.69. The SMILES string of the molecule is O=C(c1ccccn1)N1CC[C@@H]2OCCN(Cc3cccnc3)[C@H]2C1. The van der Waals surface area contributed by atoms with Crippen LogP contribution in [0.15, 0.2) is 48.9 Å². The van der Waals surface area contributed by atoms with Gasteiger partial charge in [-0.05, 0) is 30.2 Å². The van der Waals surface area contributed by atoms with Crippen LogP contribution in [0.25, 0.3) is 0 Å². The zero-order valence-electron chi connectivity index (χ0n) is 14.1. The maximum Gasteiger partial charge on any atom is 0.272 e. The van der Waals surface area contributed by atoms with Crippen molar-refractivity contribution in [3.63, 3.8) is 0 Å². The van der Waals surface area contributed by atoms with E-state index in [0.717, 1.165) is 32.7 Å². The molecule has 6 heteroatoms. The van der Waals surface area contributed by atoms with Gasteiger partial charge in [0.1, 0.15) is 5.69 Å². The molecule has 0 N–H and O–H groups in total. The van der Waals surface area contributed by atoms with Gasteiger partial charge in [-0.15, -0.1) is 0 Å². The molecule has 2 aliphatic heterocycles. The van der Waals surface area contributed by atoms with Crippen LogP contribution < -0.4 is 0 Å². The lowest BCUT2D eigenvalue weighted by Crippen LogP contribution is -2.60. The first-order valence-electron chi connectivity index (χ1n) is 8.76. The second-order valence-corrected chi connectivity index (χ2v) is 6.56. The van der Waals surface area contributed by atoms with E-state index in [-0.39, 0.29) is 18.1 Å². The molecule has 0 unspecified atom stereocenters. The number of fused-ring (bicyclic) bond motifs is 1. The van der Waals surface area contributed by atoms with Crippen LogP contribution in [0, 0.1) is 0 Å². The molecule has 1 amide bonds. The van der Waals surface area contributed by atoms with Crippen molar-refractivity contribution in [2.45, 2.75) is 25.1 Å². The number of ether oxygens (including phenoxy) is 1. The Labute approximate surface area is 147 Å². The Morgan fingerprint density at radius 2 is 2.16 bits per heavy atom. The number of hydrogen-bond acceptors (Lipinski definition) is 5. The Hall–Kier alpha value is -2.31. The number of nitrogens with zero attached hydrogens (tertiary/aromatic N) is 4. The number of carbonyl (C=O) groups excluding carboxylic acids is 1. The van der Waals surface area contributed by atoms with E-state index < -0.39 is 0 Å². The maximum absolute atomic E-state index is 12.7. The molecule has 2 atom stereocenters. The van der Waals surface area contributed by atoms with Gasteiger partial charge in [0.2, 0.25) is 0 Å². The summed E-state index contributed by atoms with van der Waals surface area (Å²) < 4.78 is 5.97. The van der Waals surface area contributed by atoms with Crippen LogP contribution in [0.2, 0.25) is 0 Å². The molecule has 0 radical (unpaired) electrons. The molecule has 6 nitrogen and oxygen atoms in total. The number of carbonyl (C=O) groups is 1. The highest BCUT2D eigenvalue weighted by molar-refractivity contribution is 5.92. The molecule has 2 aromatic rings. The van der Waals surface area contributed by atoms with Crippen LogP contribution in [-0.4, -0.2) is 64.1 Å². The second-order valence-electron chi connectivity index (χ2n) is 6.56. The van der Waals surface area contributed by atoms with Gasteiger partial charge in [-0.2, -0.15) is 0 Å². The third kappa shape index (κ3) is 3.55. The van der Waals surface area contributed by atoms with Crippen molar-refractivity contribution in [2.75, 3.05) is 26.2 Å². The van der Waals surface area contributed by atoms with E-state index in [1.807, 2.05) is 29.3 Å². The fourth-order valence-electron chi connectivity index (χ4n) is 3.70. The molecule has 2 fully saturated rings. The summed E-state index contributed by atoms with van der Waals surface area (Å²) in [6, 6.07) is 9.73. The fraction of sp³-hybridized carbons (Fsp3) is 0.421. The van der Waals surface area contributed by atoms with Gasteiger partial charge in [0.25, 0.3) is 5.91 Å². The Morgan fingerprint density at radius 1 is 1.20 bits per heavy atom. The number of pyridine rings is 2. The van der Waals surface area contributed by atoms with E-state index in [0.29, 0.717) is 12.2 Å². The van der Waals surface area contributed by atoms with Crippen molar-refractivity contribution in [3.05, 3.63) is 60.2 Å². The highest BCUT2D eigenvalue weighted by Gasteiger charge is 2.38. The summed E-state index contributed by atoms with van der Waals surface area (Å²) in [6.45, 7) is 3.86. The lowest BCUT2D eigenvalue weighted by molar-refractivity contribution is -0.101. The molecule has 0 aliphatic carbocycles. The summed E-state index contributed by atoms with van der Waals surface area (Å²) >= 11 is 0. The normalized spacial score (nSPS) is 23.9. The number of morpholine rings is 1. The third-order valence-electron chi connectivity index (χ3n) is 4.98.